The Morgan fingerprint density at radius 1 is 1.35 bits per heavy atom. The second-order valence-electron chi connectivity index (χ2n) is 5.37. The van der Waals surface area contributed by atoms with Gasteiger partial charge >= 0.3 is 12.3 Å². The Balaban J connectivity index is 1.92. The van der Waals surface area contributed by atoms with Gasteiger partial charge in [-0.2, -0.15) is 17.5 Å². The minimum absolute atomic E-state index is 0.0622. The number of hydrogen-bond acceptors (Lipinski definition) is 6. The van der Waals surface area contributed by atoms with Crippen LogP contribution in [0.2, 0.25) is 0 Å². The summed E-state index contributed by atoms with van der Waals surface area (Å²) in [6.45, 7) is -0.396. The van der Waals surface area contributed by atoms with Gasteiger partial charge in [-0.15, -0.1) is 0 Å². The zero-order valence-electron chi connectivity index (χ0n) is 12.9. The number of sulfonamides is 1. The highest BCUT2D eigenvalue weighted by Crippen LogP contribution is 2.33. The van der Waals surface area contributed by atoms with Crippen LogP contribution in [0.5, 0.6) is 5.88 Å². The fraction of sp³-hybridized carbons (Fsp3) is 0.286. The fourth-order valence-electron chi connectivity index (χ4n) is 2.51. The van der Waals surface area contributed by atoms with Gasteiger partial charge in [0.05, 0.1) is 16.0 Å². The largest absolute Gasteiger partial charge is 0.512 e. The molecule has 0 spiro atoms. The van der Waals surface area contributed by atoms with Gasteiger partial charge in [0.2, 0.25) is 10.0 Å². The number of alkyl halides is 3. The summed E-state index contributed by atoms with van der Waals surface area (Å²) in [4.78, 5) is 10.1. The minimum Gasteiger partial charge on any atom is -0.449 e. The van der Waals surface area contributed by atoms with Crippen LogP contribution in [-0.4, -0.2) is 35.7 Å². The Morgan fingerprint density at radius 2 is 2.08 bits per heavy atom. The summed E-state index contributed by atoms with van der Waals surface area (Å²) in [5.41, 5.74) is -0.967. The predicted octanol–water partition coefficient (Wildman–Crippen LogP) is 2.50. The zero-order valence-corrected chi connectivity index (χ0v) is 13.7. The van der Waals surface area contributed by atoms with Crippen molar-refractivity contribution in [1.82, 2.24) is 9.46 Å². The van der Waals surface area contributed by atoms with E-state index in [0.29, 0.717) is 6.07 Å². The molecule has 0 unspecified atom stereocenters. The summed E-state index contributed by atoms with van der Waals surface area (Å²) >= 11 is 0. The summed E-state index contributed by atoms with van der Waals surface area (Å²) in [6, 6.07) is 3.38. The van der Waals surface area contributed by atoms with Crippen LogP contribution in [0, 0.1) is 0 Å². The van der Waals surface area contributed by atoms with E-state index < -0.39 is 38.7 Å². The lowest BCUT2D eigenvalue weighted by Gasteiger charge is -2.25. The van der Waals surface area contributed by atoms with E-state index in [1.807, 2.05) is 0 Å². The molecule has 0 saturated heterocycles. The molecular weight excluding hydrogens is 381 g/mol. The molecule has 3 rings (SSSR count). The summed E-state index contributed by atoms with van der Waals surface area (Å²) < 4.78 is 74.1. The van der Waals surface area contributed by atoms with Crippen molar-refractivity contribution in [3.8, 4) is 5.88 Å². The first kappa shape index (κ1) is 18.2. The summed E-state index contributed by atoms with van der Waals surface area (Å²) in [5.74, 6) is -0.131. The smallest absolute Gasteiger partial charge is 0.449 e. The van der Waals surface area contributed by atoms with E-state index in [1.165, 1.54) is 0 Å². The lowest BCUT2D eigenvalue weighted by molar-refractivity contribution is -0.137. The van der Waals surface area contributed by atoms with Gasteiger partial charge in [-0.05, 0) is 23.4 Å². The van der Waals surface area contributed by atoms with Gasteiger partial charge in [0.15, 0.2) is 0 Å². The summed E-state index contributed by atoms with van der Waals surface area (Å²) in [6.07, 6.45) is -6.26. The monoisotopic (exact) mass is 392 g/mol. The van der Waals surface area contributed by atoms with Gasteiger partial charge in [-0.1, -0.05) is 6.07 Å². The molecular formula is C14H11F3N2O6S. The molecule has 1 aromatic heterocycles. The third kappa shape index (κ3) is 3.37. The van der Waals surface area contributed by atoms with Crippen LogP contribution in [-0.2, 0) is 29.2 Å². The van der Waals surface area contributed by atoms with Crippen LogP contribution in [0.15, 0.2) is 33.7 Å². The Bertz CT molecular complexity index is 954. The van der Waals surface area contributed by atoms with E-state index >= 15 is 0 Å². The minimum atomic E-state index is -4.68. The van der Waals surface area contributed by atoms with Crippen molar-refractivity contribution in [2.45, 2.75) is 24.0 Å². The first-order valence-corrected chi connectivity index (χ1v) is 8.58. The van der Waals surface area contributed by atoms with E-state index in [0.717, 1.165) is 22.5 Å². The Labute approximate surface area is 144 Å². The molecule has 0 saturated carbocycles. The number of benzene rings is 1. The molecule has 0 atom stereocenters. The van der Waals surface area contributed by atoms with E-state index in [1.54, 1.807) is 0 Å². The maximum absolute atomic E-state index is 12.8. The topological polar surface area (TPSA) is 110 Å². The number of ether oxygens (including phenoxy) is 1. The molecule has 2 heterocycles. The SMILES string of the molecule is O=C(O)Oc1noc2c1CN(S(=O)(=O)c1cccc(C(F)(F)F)c1)CC2. The predicted molar refractivity (Wildman–Crippen MR) is 77.9 cm³/mol. The van der Waals surface area contributed by atoms with Gasteiger partial charge in [-0.3, -0.25) is 0 Å². The van der Waals surface area contributed by atoms with Crippen LogP contribution in [0.4, 0.5) is 18.0 Å². The third-order valence-corrected chi connectivity index (χ3v) is 5.58. The van der Waals surface area contributed by atoms with E-state index in [2.05, 4.69) is 9.89 Å². The first-order chi connectivity index (χ1) is 12.1. The number of halogens is 3. The molecule has 0 amide bonds. The molecule has 2 aromatic rings. The number of carbonyl (C=O) groups is 1. The van der Waals surface area contributed by atoms with Crippen LogP contribution in [0.1, 0.15) is 16.9 Å². The van der Waals surface area contributed by atoms with E-state index in [4.69, 9.17) is 9.63 Å². The molecule has 1 aliphatic heterocycles. The number of carboxylic acid groups (broad SMARTS) is 1. The number of nitrogens with zero attached hydrogens (tertiary/aromatic N) is 2. The molecule has 0 aliphatic carbocycles. The standard InChI is InChI=1S/C14H11F3N2O6S/c15-14(16,17)8-2-1-3-9(6-8)26(22,23)19-5-4-11-10(7-19)12(18-25-11)24-13(20)21/h1-3,6H,4-5,7H2,(H,20,21). The van der Waals surface area contributed by atoms with Gasteiger partial charge in [0.25, 0.3) is 5.88 Å². The zero-order chi connectivity index (χ0) is 19.1. The van der Waals surface area contributed by atoms with Crippen molar-refractivity contribution in [2.24, 2.45) is 0 Å². The van der Waals surface area contributed by atoms with Crippen LogP contribution < -0.4 is 4.74 Å². The number of hydrogen-bond donors (Lipinski definition) is 1. The Kier molecular flexibility index (Phi) is 4.40. The van der Waals surface area contributed by atoms with Crippen molar-refractivity contribution in [3.05, 3.63) is 41.2 Å². The summed E-state index contributed by atoms with van der Waals surface area (Å²) in [5, 5.41) is 12.1. The van der Waals surface area contributed by atoms with E-state index in [9.17, 15) is 26.4 Å². The maximum atomic E-state index is 12.8. The molecule has 0 fully saturated rings. The van der Waals surface area contributed by atoms with Gasteiger partial charge < -0.3 is 14.4 Å². The number of fused-ring (bicyclic) bond motifs is 1. The molecule has 26 heavy (non-hydrogen) atoms. The normalized spacial score (nSPS) is 15.5. The first-order valence-electron chi connectivity index (χ1n) is 7.14. The van der Waals surface area contributed by atoms with Crippen molar-refractivity contribution >= 4 is 16.2 Å². The van der Waals surface area contributed by atoms with Crippen LogP contribution in [0.25, 0.3) is 0 Å². The van der Waals surface area contributed by atoms with E-state index in [-0.39, 0.29) is 30.8 Å². The average Bonchev–Trinajstić information content (AvgIpc) is 2.96. The fourth-order valence-corrected chi connectivity index (χ4v) is 3.97. The quantitative estimate of drug-likeness (QED) is 0.799. The molecule has 1 N–H and O–H groups in total. The Morgan fingerprint density at radius 3 is 2.73 bits per heavy atom. The molecule has 8 nitrogen and oxygen atoms in total. The average molecular weight is 392 g/mol. The molecule has 1 aromatic carbocycles. The van der Waals surface area contributed by atoms with Crippen molar-refractivity contribution in [2.75, 3.05) is 6.54 Å². The molecule has 0 bridgehead atoms. The molecule has 140 valence electrons. The molecule has 0 radical (unpaired) electrons. The molecule has 12 heteroatoms. The van der Waals surface area contributed by atoms with Crippen LogP contribution >= 0.6 is 0 Å². The lowest BCUT2D eigenvalue weighted by atomic mass is 10.1. The van der Waals surface area contributed by atoms with Crippen LogP contribution in [0.3, 0.4) is 0 Å². The van der Waals surface area contributed by atoms with Gasteiger partial charge in [-0.25, -0.2) is 13.2 Å². The highest BCUT2D eigenvalue weighted by atomic mass is 32.2. The summed E-state index contributed by atoms with van der Waals surface area (Å²) in [7, 11) is -4.25. The third-order valence-electron chi connectivity index (χ3n) is 3.74. The highest BCUT2D eigenvalue weighted by molar-refractivity contribution is 7.89. The lowest BCUT2D eigenvalue weighted by Crippen LogP contribution is -2.35. The second-order valence-corrected chi connectivity index (χ2v) is 7.31. The second kappa shape index (κ2) is 6.29. The van der Waals surface area contributed by atoms with Gasteiger partial charge in [0.1, 0.15) is 5.76 Å². The maximum Gasteiger partial charge on any atom is 0.512 e. The highest BCUT2D eigenvalue weighted by Gasteiger charge is 2.36. The van der Waals surface area contributed by atoms with Crippen molar-refractivity contribution in [1.29, 1.82) is 0 Å². The number of aromatic nitrogens is 1. The number of rotatable bonds is 3. The van der Waals surface area contributed by atoms with Gasteiger partial charge in [0, 0.05) is 19.5 Å². The molecule has 1 aliphatic rings. The van der Waals surface area contributed by atoms with Crippen molar-refractivity contribution in [3.63, 3.8) is 0 Å². The Hall–Kier alpha value is -2.60. The van der Waals surface area contributed by atoms with Crippen molar-refractivity contribution < 1.29 is 40.8 Å².